The molecule has 0 aromatic heterocycles. The van der Waals surface area contributed by atoms with E-state index in [2.05, 4.69) is 6.92 Å². The Hall–Kier alpha value is -1.77. The van der Waals surface area contributed by atoms with Crippen molar-refractivity contribution < 1.29 is 14.6 Å². The molecular formula is C13H14O3. The molecule has 16 heavy (non-hydrogen) atoms. The lowest BCUT2D eigenvalue weighted by atomic mass is 9.96. The summed E-state index contributed by atoms with van der Waals surface area (Å²) in [4.78, 5) is 10.9. The topological polar surface area (TPSA) is 46.5 Å². The van der Waals surface area contributed by atoms with Crippen molar-refractivity contribution in [3.63, 3.8) is 0 Å². The first-order valence-electron chi connectivity index (χ1n) is 5.42. The molecule has 0 saturated heterocycles. The van der Waals surface area contributed by atoms with E-state index in [0.717, 1.165) is 24.0 Å². The van der Waals surface area contributed by atoms with Gasteiger partial charge in [-0.1, -0.05) is 31.5 Å². The summed E-state index contributed by atoms with van der Waals surface area (Å²) in [7, 11) is 0. The number of carboxylic acids is 1. The number of benzene rings is 1. The number of carbonyl (C=O) groups is 1. The first kappa shape index (κ1) is 10.7. The maximum atomic E-state index is 10.9. The molecule has 1 aromatic carbocycles. The molecule has 0 saturated carbocycles. The van der Waals surface area contributed by atoms with Crippen LogP contribution in [0.15, 0.2) is 30.3 Å². The van der Waals surface area contributed by atoms with Crippen LogP contribution in [0.1, 0.15) is 25.3 Å². The minimum absolute atomic E-state index is 0.667. The summed E-state index contributed by atoms with van der Waals surface area (Å²) in [5, 5.41) is 8.98. The summed E-state index contributed by atoms with van der Waals surface area (Å²) in [6, 6.07) is 7.57. The fourth-order valence-electron chi connectivity index (χ4n) is 1.89. The highest BCUT2D eigenvalue weighted by molar-refractivity contribution is 5.83. The van der Waals surface area contributed by atoms with Gasteiger partial charge in [-0.25, -0.2) is 4.79 Å². The largest absolute Gasteiger partial charge is 0.478 e. The molecule has 0 spiro atoms. The Morgan fingerprint density at radius 3 is 2.88 bits per heavy atom. The number of hydrogen-bond donors (Lipinski definition) is 1. The highest BCUT2D eigenvalue weighted by atomic mass is 16.5. The highest BCUT2D eigenvalue weighted by Gasteiger charge is 2.24. The molecule has 1 N–H and O–H groups in total. The Morgan fingerprint density at radius 1 is 1.44 bits per heavy atom. The molecule has 0 aliphatic carbocycles. The lowest BCUT2D eigenvalue weighted by Gasteiger charge is -2.22. The Morgan fingerprint density at radius 2 is 2.19 bits per heavy atom. The first-order chi connectivity index (χ1) is 7.72. The van der Waals surface area contributed by atoms with Crippen molar-refractivity contribution in [3.8, 4) is 5.75 Å². The second kappa shape index (κ2) is 4.39. The van der Waals surface area contributed by atoms with Gasteiger partial charge in [-0.15, -0.1) is 0 Å². The molecule has 0 fully saturated rings. The number of hydrogen-bond acceptors (Lipinski definition) is 2. The van der Waals surface area contributed by atoms with E-state index < -0.39 is 12.1 Å². The second-order valence-electron chi connectivity index (χ2n) is 3.81. The van der Waals surface area contributed by atoms with E-state index in [9.17, 15) is 4.79 Å². The SMILES string of the molecule is CCCC1=CC(C(=O)O)Oc2ccccc21. The number of allylic oxidation sites excluding steroid dienone is 1. The van der Waals surface area contributed by atoms with Crippen molar-refractivity contribution in [2.24, 2.45) is 0 Å². The Kier molecular flexibility index (Phi) is 2.95. The van der Waals surface area contributed by atoms with E-state index in [4.69, 9.17) is 9.84 Å². The van der Waals surface area contributed by atoms with Gasteiger partial charge in [-0.05, 0) is 24.1 Å². The molecule has 1 aliphatic heterocycles. The van der Waals surface area contributed by atoms with E-state index in [1.54, 1.807) is 6.08 Å². The van der Waals surface area contributed by atoms with Crippen molar-refractivity contribution in [1.29, 1.82) is 0 Å². The minimum atomic E-state index is -0.942. The molecule has 2 rings (SSSR count). The zero-order valence-corrected chi connectivity index (χ0v) is 9.14. The van der Waals surface area contributed by atoms with Crippen LogP contribution in [0.3, 0.4) is 0 Å². The monoisotopic (exact) mass is 218 g/mol. The van der Waals surface area contributed by atoms with Gasteiger partial charge < -0.3 is 9.84 Å². The fraction of sp³-hybridized carbons (Fsp3) is 0.308. The van der Waals surface area contributed by atoms with Crippen LogP contribution in [0, 0.1) is 0 Å². The predicted octanol–water partition coefficient (Wildman–Crippen LogP) is 2.72. The summed E-state index contributed by atoms with van der Waals surface area (Å²) < 4.78 is 5.39. The van der Waals surface area contributed by atoms with E-state index >= 15 is 0 Å². The molecule has 0 amide bonds. The molecule has 3 heteroatoms. The van der Waals surface area contributed by atoms with Gasteiger partial charge in [-0.3, -0.25) is 0 Å². The van der Waals surface area contributed by atoms with Crippen LogP contribution in [0.2, 0.25) is 0 Å². The standard InChI is InChI=1S/C13H14O3/c1-2-5-9-8-12(13(14)15)16-11-7-4-3-6-10(9)11/h3-4,6-8,12H,2,5H2,1H3,(H,14,15). The van der Waals surface area contributed by atoms with Gasteiger partial charge in [0, 0.05) is 5.56 Å². The van der Waals surface area contributed by atoms with Crippen LogP contribution < -0.4 is 4.74 Å². The fourth-order valence-corrected chi connectivity index (χ4v) is 1.89. The van der Waals surface area contributed by atoms with Crippen LogP contribution in [-0.4, -0.2) is 17.2 Å². The third kappa shape index (κ3) is 1.94. The van der Waals surface area contributed by atoms with Gasteiger partial charge in [0.15, 0.2) is 0 Å². The molecule has 1 heterocycles. The summed E-state index contributed by atoms with van der Waals surface area (Å²) in [6.45, 7) is 2.08. The minimum Gasteiger partial charge on any atom is -0.478 e. The van der Waals surface area contributed by atoms with Crippen molar-refractivity contribution in [2.75, 3.05) is 0 Å². The number of ether oxygens (including phenoxy) is 1. The van der Waals surface area contributed by atoms with E-state index in [-0.39, 0.29) is 0 Å². The van der Waals surface area contributed by atoms with Crippen LogP contribution in [0.25, 0.3) is 5.57 Å². The zero-order chi connectivity index (χ0) is 11.5. The van der Waals surface area contributed by atoms with Gasteiger partial charge in [0.2, 0.25) is 6.10 Å². The lowest BCUT2D eigenvalue weighted by molar-refractivity contribution is -0.142. The van der Waals surface area contributed by atoms with E-state index in [1.807, 2.05) is 24.3 Å². The number of para-hydroxylation sites is 1. The predicted molar refractivity (Wildman–Crippen MR) is 61.4 cm³/mol. The van der Waals surface area contributed by atoms with Crippen LogP contribution in [0.5, 0.6) is 5.75 Å². The van der Waals surface area contributed by atoms with Crippen molar-refractivity contribution >= 4 is 11.5 Å². The van der Waals surface area contributed by atoms with Gasteiger partial charge in [-0.2, -0.15) is 0 Å². The zero-order valence-electron chi connectivity index (χ0n) is 9.14. The maximum Gasteiger partial charge on any atom is 0.349 e. The summed E-state index contributed by atoms with van der Waals surface area (Å²) in [5.41, 5.74) is 2.08. The quantitative estimate of drug-likeness (QED) is 0.848. The maximum absolute atomic E-state index is 10.9. The third-order valence-electron chi connectivity index (χ3n) is 2.60. The van der Waals surface area contributed by atoms with Gasteiger partial charge in [0.25, 0.3) is 0 Å². The Labute approximate surface area is 94.4 Å². The Balaban J connectivity index is 2.40. The molecule has 1 aromatic rings. The summed E-state index contributed by atoms with van der Waals surface area (Å²) >= 11 is 0. The average molecular weight is 218 g/mol. The second-order valence-corrected chi connectivity index (χ2v) is 3.81. The van der Waals surface area contributed by atoms with Gasteiger partial charge in [0.1, 0.15) is 5.75 Å². The van der Waals surface area contributed by atoms with Crippen LogP contribution in [-0.2, 0) is 4.79 Å². The molecular weight excluding hydrogens is 204 g/mol. The number of carboxylic acid groups (broad SMARTS) is 1. The van der Waals surface area contributed by atoms with Gasteiger partial charge >= 0.3 is 5.97 Å². The average Bonchev–Trinajstić information content (AvgIpc) is 2.29. The van der Waals surface area contributed by atoms with Crippen molar-refractivity contribution in [3.05, 3.63) is 35.9 Å². The number of rotatable bonds is 3. The van der Waals surface area contributed by atoms with Crippen molar-refractivity contribution in [1.82, 2.24) is 0 Å². The normalized spacial score (nSPS) is 18.3. The van der Waals surface area contributed by atoms with E-state index in [1.165, 1.54) is 0 Å². The molecule has 1 unspecified atom stereocenters. The summed E-state index contributed by atoms with van der Waals surface area (Å²) in [5.74, 6) is -0.274. The smallest absolute Gasteiger partial charge is 0.349 e. The van der Waals surface area contributed by atoms with Crippen LogP contribution >= 0.6 is 0 Å². The molecule has 0 radical (unpaired) electrons. The highest BCUT2D eigenvalue weighted by Crippen LogP contribution is 2.34. The molecule has 3 nitrogen and oxygen atoms in total. The van der Waals surface area contributed by atoms with E-state index in [0.29, 0.717) is 5.75 Å². The van der Waals surface area contributed by atoms with Gasteiger partial charge in [0.05, 0.1) is 0 Å². The molecule has 1 atom stereocenters. The first-order valence-corrected chi connectivity index (χ1v) is 5.42. The molecule has 84 valence electrons. The summed E-state index contributed by atoms with van der Waals surface area (Å²) in [6.07, 6.45) is 2.72. The lowest BCUT2D eigenvalue weighted by Crippen LogP contribution is -2.27. The molecule has 0 bridgehead atoms. The molecule has 1 aliphatic rings. The van der Waals surface area contributed by atoms with Crippen LogP contribution in [0.4, 0.5) is 0 Å². The van der Waals surface area contributed by atoms with Crippen molar-refractivity contribution in [2.45, 2.75) is 25.9 Å². The number of aliphatic carboxylic acids is 1. The number of fused-ring (bicyclic) bond motifs is 1. The third-order valence-corrected chi connectivity index (χ3v) is 2.60. The Bertz CT molecular complexity index is 435.